The van der Waals surface area contributed by atoms with E-state index in [-0.39, 0.29) is 17.6 Å². The minimum atomic E-state index is -0.368. The number of halogens is 2. The van der Waals surface area contributed by atoms with Gasteiger partial charge in [-0.3, -0.25) is 9.59 Å². The zero-order valence-corrected chi connectivity index (χ0v) is 20.8. The lowest BCUT2D eigenvalue weighted by Crippen LogP contribution is -2.48. The van der Waals surface area contributed by atoms with Crippen molar-refractivity contribution in [3.05, 3.63) is 106 Å². The first-order chi connectivity index (χ1) is 17.5. The quantitative estimate of drug-likeness (QED) is 0.328. The van der Waals surface area contributed by atoms with Gasteiger partial charge in [-0.2, -0.15) is 0 Å². The molecule has 0 saturated carbocycles. The molecule has 0 bridgehead atoms. The third kappa shape index (κ3) is 5.25. The van der Waals surface area contributed by atoms with Crippen molar-refractivity contribution < 1.29 is 14.0 Å². The number of carbonyl (C=O) groups excluding carboxylic acids is 2. The highest BCUT2D eigenvalue weighted by Gasteiger charge is 2.23. The Kier molecular flexibility index (Phi) is 6.98. The van der Waals surface area contributed by atoms with Gasteiger partial charge in [-0.1, -0.05) is 41.4 Å². The highest BCUT2D eigenvalue weighted by molar-refractivity contribution is 6.33. The Balaban J connectivity index is 1.20. The predicted molar refractivity (Wildman–Crippen MR) is 143 cm³/mol. The summed E-state index contributed by atoms with van der Waals surface area (Å²) in [7, 11) is 0. The normalized spacial score (nSPS) is 13.5. The minimum absolute atomic E-state index is 0.0385. The van der Waals surface area contributed by atoms with E-state index in [1.165, 1.54) is 0 Å². The van der Waals surface area contributed by atoms with Crippen molar-refractivity contribution in [2.75, 3.05) is 36.4 Å². The Morgan fingerprint density at radius 2 is 1.53 bits per heavy atom. The van der Waals surface area contributed by atoms with E-state index in [0.717, 1.165) is 11.3 Å². The molecule has 1 saturated heterocycles. The number of benzene rings is 3. The number of furan rings is 1. The molecule has 6 nitrogen and oxygen atoms in total. The summed E-state index contributed by atoms with van der Waals surface area (Å²) in [4.78, 5) is 29.4. The highest BCUT2D eigenvalue weighted by atomic mass is 35.5. The Bertz CT molecular complexity index is 1380. The van der Waals surface area contributed by atoms with Crippen molar-refractivity contribution in [2.24, 2.45) is 0 Å². The SMILES string of the molecule is O=C(Nc1ccc(N2CCN(C(=O)c3ccccc3)CC2)c(Cl)c1)c1ccc(-c2ccc(Cl)cc2)o1. The van der Waals surface area contributed by atoms with Crippen LogP contribution in [-0.4, -0.2) is 42.9 Å². The van der Waals surface area contributed by atoms with E-state index >= 15 is 0 Å². The summed E-state index contributed by atoms with van der Waals surface area (Å²) < 4.78 is 5.73. The Hall–Kier alpha value is -3.74. The van der Waals surface area contributed by atoms with Crippen LogP contribution in [0.1, 0.15) is 20.9 Å². The van der Waals surface area contributed by atoms with Gasteiger partial charge in [0.15, 0.2) is 5.76 Å². The Morgan fingerprint density at radius 1 is 0.806 bits per heavy atom. The van der Waals surface area contributed by atoms with Gasteiger partial charge >= 0.3 is 0 Å². The summed E-state index contributed by atoms with van der Waals surface area (Å²) in [5, 5.41) is 3.99. The number of rotatable bonds is 5. The van der Waals surface area contributed by atoms with Gasteiger partial charge in [-0.25, -0.2) is 0 Å². The standard InChI is InChI=1S/C28H23Cl2N3O3/c29-21-8-6-19(7-9-21)25-12-13-26(36-25)27(34)31-22-10-11-24(23(30)18-22)32-14-16-33(17-15-32)28(35)20-4-2-1-3-5-20/h1-13,18H,14-17H2,(H,31,34). The molecule has 0 unspecified atom stereocenters. The Labute approximate surface area is 219 Å². The smallest absolute Gasteiger partial charge is 0.291 e. The third-order valence-electron chi connectivity index (χ3n) is 6.09. The lowest BCUT2D eigenvalue weighted by atomic mass is 10.1. The summed E-state index contributed by atoms with van der Waals surface area (Å²) in [6.45, 7) is 2.56. The summed E-state index contributed by atoms with van der Waals surface area (Å²) in [6, 6.07) is 25.3. The third-order valence-corrected chi connectivity index (χ3v) is 6.65. The first kappa shape index (κ1) is 24.0. The zero-order chi connectivity index (χ0) is 25.1. The number of nitrogens with one attached hydrogen (secondary N) is 1. The van der Waals surface area contributed by atoms with Gasteiger partial charge in [0.05, 0.1) is 10.7 Å². The molecule has 0 atom stereocenters. The topological polar surface area (TPSA) is 65.8 Å². The molecule has 0 radical (unpaired) electrons. The maximum absolute atomic E-state index is 12.7. The molecule has 3 aromatic carbocycles. The maximum atomic E-state index is 12.7. The molecule has 2 amide bonds. The number of nitrogens with zero attached hydrogens (tertiary/aromatic N) is 2. The molecule has 5 rings (SSSR count). The van der Waals surface area contributed by atoms with Crippen LogP contribution in [0.2, 0.25) is 10.0 Å². The molecule has 1 aliphatic heterocycles. The molecule has 4 aromatic rings. The van der Waals surface area contributed by atoms with Crippen molar-refractivity contribution in [3.63, 3.8) is 0 Å². The molecular formula is C28H23Cl2N3O3. The number of amides is 2. The van der Waals surface area contributed by atoms with Crippen LogP contribution in [0.25, 0.3) is 11.3 Å². The Morgan fingerprint density at radius 3 is 2.22 bits per heavy atom. The van der Waals surface area contributed by atoms with Gasteiger partial charge in [-0.15, -0.1) is 0 Å². The van der Waals surface area contributed by atoms with Crippen LogP contribution in [-0.2, 0) is 0 Å². The van der Waals surface area contributed by atoms with Gasteiger partial charge in [-0.05, 0) is 66.7 Å². The molecule has 1 aromatic heterocycles. The molecular weight excluding hydrogens is 497 g/mol. The first-order valence-electron chi connectivity index (χ1n) is 11.5. The van der Waals surface area contributed by atoms with E-state index < -0.39 is 0 Å². The average Bonchev–Trinajstić information content (AvgIpc) is 3.40. The van der Waals surface area contributed by atoms with E-state index in [1.54, 1.807) is 30.3 Å². The summed E-state index contributed by atoms with van der Waals surface area (Å²) in [6.07, 6.45) is 0. The second-order valence-corrected chi connectivity index (χ2v) is 9.28. The summed E-state index contributed by atoms with van der Waals surface area (Å²) >= 11 is 12.5. The van der Waals surface area contributed by atoms with E-state index in [1.807, 2.05) is 59.5 Å². The fraction of sp³-hybridized carbons (Fsp3) is 0.143. The molecule has 0 spiro atoms. The number of hydrogen-bond acceptors (Lipinski definition) is 4. The van der Waals surface area contributed by atoms with Crippen molar-refractivity contribution in [1.82, 2.24) is 4.90 Å². The van der Waals surface area contributed by atoms with Gasteiger partial charge in [0.25, 0.3) is 11.8 Å². The molecule has 1 N–H and O–H groups in total. The van der Waals surface area contributed by atoms with Crippen LogP contribution in [0.5, 0.6) is 0 Å². The van der Waals surface area contributed by atoms with E-state index in [9.17, 15) is 9.59 Å². The predicted octanol–water partition coefficient (Wildman–Crippen LogP) is 6.47. The van der Waals surface area contributed by atoms with Crippen LogP contribution in [0.3, 0.4) is 0 Å². The second kappa shape index (κ2) is 10.5. The fourth-order valence-electron chi connectivity index (χ4n) is 4.18. The van der Waals surface area contributed by atoms with Gasteiger partial charge in [0.2, 0.25) is 0 Å². The molecule has 1 fully saturated rings. The molecule has 36 heavy (non-hydrogen) atoms. The molecule has 8 heteroatoms. The van der Waals surface area contributed by atoms with Crippen LogP contribution in [0.4, 0.5) is 11.4 Å². The van der Waals surface area contributed by atoms with Gasteiger partial charge in [0, 0.05) is 48.0 Å². The number of piperazine rings is 1. The van der Waals surface area contributed by atoms with Crippen LogP contribution < -0.4 is 10.2 Å². The monoisotopic (exact) mass is 519 g/mol. The second-order valence-electron chi connectivity index (χ2n) is 8.44. The largest absolute Gasteiger partial charge is 0.451 e. The minimum Gasteiger partial charge on any atom is -0.451 e. The van der Waals surface area contributed by atoms with Crippen LogP contribution in [0.15, 0.2) is 89.3 Å². The summed E-state index contributed by atoms with van der Waals surface area (Å²) in [5.41, 5.74) is 2.96. The summed E-state index contributed by atoms with van der Waals surface area (Å²) in [5.74, 6) is 0.443. The first-order valence-corrected chi connectivity index (χ1v) is 12.3. The number of carbonyl (C=O) groups is 2. The highest BCUT2D eigenvalue weighted by Crippen LogP contribution is 2.30. The van der Waals surface area contributed by atoms with Crippen molar-refractivity contribution in [3.8, 4) is 11.3 Å². The molecule has 1 aliphatic rings. The maximum Gasteiger partial charge on any atom is 0.291 e. The fourth-order valence-corrected chi connectivity index (χ4v) is 4.60. The van der Waals surface area contributed by atoms with Gasteiger partial charge < -0.3 is 19.5 Å². The van der Waals surface area contributed by atoms with Gasteiger partial charge in [0.1, 0.15) is 5.76 Å². The van der Waals surface area contributed by atoms with Crippen LogP contribution in [0, 0.1) is 0 Å². The zero-order valence-electron chi connectivity index (χ0n) is 19.3. The van der Waals surface area contributed by atoms with Crippen molar-refractivity contribution in [2.45, 2.75) is 0 Å². The van der Waals surface area contributed by atoms with E-state index in [2.05, 4.69) is 10.2 Å². The van der Waals surface area contributed by atoms with E-state index in [4.69, 9.17) is 27.6 Å². The number of hydrogen-bond donors (Lipinski definition) is 1. The lowest BCUT2D eigenvalue weighted by molar-refractivity contribution is 0.0746. The van der Waals surface area contributed by atoms with E-state index in [0.29, 0.717) is 53.2 Å². The molecule has 182 valence electrons. The van der Waals surface area contributed by atoms with Crippen molar-refractivity contribution in [1.29, 1.82) is 0 Å². The van der Waals surface area contributed by atoms with Crippen molar-refractivity contribution >= 4 is 46.4 Å². The molecule has 0 aliphatic carbocycles. The number of anilines is 2. The average molecular weight is 520 g/mol. The molecule has 2 heterocycles. The van der Waals surface area contributed by atoms with Crippen LogP contribution >= 0.6 is 23.2 Å². The lowest BCUT2D eigenvalue weighted by Gasteiger charge is -2.36.